The average molecular weight is 303 g/mol. The highest BCUT2D eigenvalue weighted by Gasteiger charge is 2.18. The molecule has 2 aliphatic rings. The molecular formula is C16H21N3O3. The van der Waals surface area contributed by atoms with Gasteiger partial charge in [0, 0.05) is 18.7 Å². The van der Waals surface area contributed by atoms with E-state index in [9.17, 15) is 9.59 Å². The van der Waals surface area contributed by atoms with E-state index < -0.39 is 0 Å². The van der Waals surface area contributed by atoms with Crippen LogP contribution in [-0.4, -0.2) is 49.5 Å². The second-order valence-corrected chi connectivity index (χ2v) is 5.71. The molecule has 6 nitrogen and oxygen atoms in total. The summed E-state index contributed by atoms with van der Waals surface area (Å²) < 4.78 is 5.28. The van der Waals surface area contributed by atoms with Gasteiger partial charge in [0.05, 0.1) is 5.69 Å². The summed E-state index contributed by atoms with van der Waals surface area (Å²) >= 11 is 0. The molecular weight excluding hydrogens is 282 g/mol. The minimum atomic E-state index is -0.199. The molecule has 1 aromatic rings. The minimum Gasteiger partial charge on any atom is -0.482 e. The fourth-order valence-electron chi connectivity index (χ4n) is 2.84. The Morgan fingerprint density at radius 3 is 2.91 bits per heavy atom. The van der Waals surface area contributed by atoms with E-state index in [4.69, 9.17) is 4.74 Å². The highest BCUT2D eigenvalue weighted by atomic mass is 16.5. The summed E-state index contributed by atoms with van der Waals surface area (Å²) in [7, 11) is 0. The Labute approximate surface area is 129 Å². The molecule has 22 heavy (non-hydrogen) atoms. The van der Waals surface area contributed by atoms with E-state index >= 15 is 0 Å². The lowest BCUT2D eigenvalue weighted by Gasteiger charge is -2.26. The first-order chi connectivity index (χ1) is 10.7. The molecule has 0 spiro atoms. The zero-order valence-corrected chi connectivity index (χ0v) is 12.6. The number of nitrogens with zero attached hydrogens (tertiary/aromatic N) is 1. The summed E-state index contributed by atoms with van der Waals surface area (Å²) in [6.45, 7) is 3.79. The van der Waals surface area contributed by atoms with Crippen molar-refractivity contribution in [2.24, 2.45) is 0 Å². The maximum Gasteiger partial charge on any atom is 0.262 e. The lowest BCUT2D eigenvalue weighted by molar-refractivity contribution is -0.118. The van der Waals surface area contributed by atoms with Crippen LogP contribution in [-0.2, 0) is 4.79 Å². The first kappa shape index (κ1) is 14.8. The van der Waals surface area contributed by atoms with Gasteiger partial charge in [-0.15, -0.1) is 0 Å². The van der Waals surface area contributed by atoms with Gasteiger partial charge in [0.25, 0.3) is 11.8 Å². The van der Waals surface area contributed by atoms with Gasteiger partial charge in [-0.05, 0) is 44.1 Å². The van der Waals surface area contributed by atoms with E-state index in [2.05, 4.69) is 15.5 Å². The van der Waals surface area contributed by atoms with Crippen LogP contribution in [0.15, 0.2) is 18.2 Å². The molecule has 2 amide bonds. The SMILES string of the molecule is O=C1COc2ccc(C(=O)NCCN3CCCCC3)cc2N1. The van der Waals surface area contributed by atoms with Crippen LogP contribution in [0.3, 0.4) is 0 Å². The third-order valence-corrected chi connectivity index (χ3v) is 4.04. The highest BCUT2D eigenvalue weighted by Crippen LogP contribution is 2.28. The van der Waals surface area contributed by atoms with Crippen molar-refractivity contribution in [3.8, 4) is 5.75 Å². The van der Waals surface area contributed by atoms with Gasteiger partial charge in [-0.1, -0.05) is 6.42 Å². The van der Waals surface area contributed by atoms with Gasteiger partial charge >= 0.3 is 0 Å². The van der Waals surface area contributed by atoms with E-state index in [-0.39, 0.29) is 18.4 Å². The van der Waals surface area contributed by atoms with Gasteiger partial charge in [-0.25, -0.2) is 0 Å². The van der Waals surface area contributed by atoms with Crippen molar-refractivity contribution in [3.05, 3.63) is 23.8 Å². The molecule has 0 radical (unpaired) electrons. The third kappa shape index (κ3) is 3.57. The molecule has 2 aliphatic heterocycles. The summed E-state index contributed by atoms with van der Waals surface area (Å²) in [6, 6.07) is 5.09. The molecule has 2 N–H and O–H groups in total. The normalized spacial score (nSPS) is 18.1. The molecule has 0 aliphatic carbocycles. The second-order valence-electron chi connectivity index (χ2n) is 5.71. The van der Waals surface area contributed by atoms with Gasteiger partial charge in [0.15, 0.2) is 6.61 Å². The quantitative estimate of drug-likeness (QED) is 0.878. The topological polar surface area (TPSA) is 70.7 Å². The number of hydrogen-bond acceptors (Lipinski definition) is 4. The number of anilines is 1. The van der Waals surface area contributed by atoms with Crippen molar-refractivity contribution in [2.75, 3.05) is 38.1 Å². The van der Waals surface area contributed by atoms with Gasteiger partial charge in [0.1, 0.15) is 5.75 Å². The highest BCUT2D eigenvalue weighted by molar-refractivity contribution is 5.99. The number of nitrogens with one attached hydrogen (secondary N) is 2. The smallest absolute Gasteiger partial charge is 0.262 e. The molecule has 1 fully saturated rings. The number of ether oxygens (including phenoxy) is 1. The molecule has 118 valence electrons. The van der Waals surface area contributed by atoms with E-state index in [0.717, 1.165) is 19.6 Å². The molecule has 3 rings (SSSR count). The first-order valence-electron chi connectivity index (χ1n) is 7.79. The summed E-state index contributed by atoms with van der Waals surface area (Å²) in [5.41, 5.74) is 1.09. The molecule has 6 heteroatoms. The Bertz CT molecular complexity index is 568. The predicted molar refractivity (Wildman–Crippen MR) is 83.2 cm³/mol. The van der Waals surface area contributed by atoms with Crippen molar-refractivity contribution in [1.82, 2.24) is 10.2 Å². The van der Waals surface area contributed by atoms with Crippen molar-refractivity contribution in [2.45, 2.75) is 19.3 Å². The lowest BCUT2D eigenvalue weighted by atomic mass is 10.1. The zero-order chi connectivity index (χ0) is 15.4. The van der Waals surface area contributed by atoms with Crippen molar-refractivity contribution in [1.29, 1.82) is 0 Å². The number of piperidine rings is 1. The first-order valence-corrected chi connectivity index (χ1v) is 7.79. The van der Waals surface area contributed by atoms with Crippen LogP contribution in [0.5, 0.6) is 5.75 Å². The van der Waals surface area contributed by atoms with Gasteiger partial charge < -0.3 is 20.3 Å². The predicted octanol–water partition coefficient (Wildman–Crippen LogP) is 1.23. The second kappa shape index (κ2) is 6.79. The van der Waals surface area contributed by atoms with E-state index in [1.54, 1.807) is 18.2 Å². The maximum atomic E-state index is 12.2. The summed E-state index contributed by atoms with van der Waals surface area (Å²) in [4.78, 5) is 25.9. The summed E-state index contributed by atoms with van der Waals surface area (Å²) in [5.74, 6) is 0.277. The zero-order valence-electron chi connectivity index (χ0n) is 12.6. The van der Waals surface area contributed by atoms with Crippen LogP contribution >= 0.6 is 0 Å². The molecule has 1 saturated heterocycles. The standard InChI is InChI=1S/C16H21N3O3/c20-15-11-22-14-5-4-12(10-13(14)18-15)16(21)17-6-9-19-7-2-1-3-8-19/h4-5,10H,1-3,6-9,11H2,(H,17,21)(H,18,20). The average Bonchev–Trinajstić information content (AvgIpc) is 2.55. The van der Waals surface area contributed by atoms with Gasteiger partial charge in [0.2, 0.25) is 0 Å². The van der Waals surface area contributed by atoms with E-state index in [1.807, 2.05) is 0 Å². The molecule has 2 heterocycles. The molecule has 0 aromatic heterocycles. The summed E-state index contributed by atoms with van der Waals surface area (Å²) in [6.07, 6.45) is 3.81. The van der Waals surface area contributed by atoms with Gasteiger partial charge in [-0.2, -0.15) is 0 Å². The van der Waals surface area contributed by atoms with Crippen LogP contribution in [0, 0.1) is 0 Å². The minimum absolute atomic E-state index is 0.0222. The Balaban J connectivity index is 1.53. The van der Waals surface area contributed by atoms with Crippen LogP contribution in [0.1, 0.15) is 29.6 Å². The van der Waals surface area contributed by atoms with Crippen LogP contribution in [0.25, 0.3) is 0 Å². The fourth-order valence-corrected chi connectivity index (χ4v) is 2.84. The van der Waals surface area contributed by atoms with Crippen molar-refractivity contribution >= 4 is 17.5 Å². The van der Waals surface area contributed by atoms with Crippen molar-refractivity contribution in [3.63, 3.8) is 0 Å². The molecule has 1 aromatic carbocycles. The third-order valence-electron chi connectivity index (χ3n) is 4.04. The number of carbonyl (C=O) groups is 2. The number of carbonyl (C=O) groups excluding carboxylic acids is 2. The molecule has 0 unspecified atom stereocenters. The Kier molecular flexibility index (Phi) is 4.58. The molecule has 0 bridgehead atoms. The Morgan fingerprint density at radius 2 is 2.09 bits per heavy atom. The van der Waals surface area contributed by atoms with Crippen LogP contribution in [0.2, 0.25) is 0 Å². The largest absolute Gasteiger partial charge is 0.482 e. The Hall–Kier alpha value is -2.08. The summed E-state index contributed by atoms with van der Waals surface area (Å²) in [5, 5.41) is 5.64. The maximum absolute atomic E-state index is 12.2. The number of hydrogen-bond donors (Lipinski definition) is 2. The van der Waals surface area contributed by atoms with E-state index in [0.29, 0.717) is 23.5 Å². The Morgan fingerprint density at radius 1 is 1.27 bits per heavy atom. The van der Waals surface area contributed by atoms with Crippen molar-refractivity contribution < 1.29 is 14.3 Å². The van der Waals surface area contributed by atoms with Crippen LogP contribution in [0.4, 0.5) is 5.69 Å². The number of benzene rings is 1. The monoisotopic (exact) mass is 303 g/mol. The van der Waals surface area contributed by atoms with E-state index in [1.165, 1.54) is 19.3 Å². The number of likely N-dealkylation sites (tertiary alicyclic amines) is 1. The van der Waals surface area contributed by atoms with Gasteiger partial charge in [-0.3, -0.25) is 9.59 Å². The lowest BCUT2D eigenvalue weighted by Crippen LogP contribution is -2.37. The number of amides is 2. The molecule has 0 atom stereocenters. The molecule has 0 saturated carbocycles. The van der Waals surface area contributed by atoms with Crippen LogP contribution < -0.4 is 15.4 Å². The number of rotatable bonds is 4. The number of fused-ring (bicyclic) bond motifs is 1. The fraction of sp³-hybridized carbons (Fsp3) is 0.500.